The largest absolute Gasteiger partial charge is 0.456 e. The molecule has 3 heteroatoms. The molecule has 3 nitrogen and oxygen atoms in total. The number of carbonyl (C=O) groups is 1. The fraction of sp³-hybridized carbons (Fsp3) is 0.233. The van der Waals surface area contributed by atoms with Gasteiger partial charge in [0, 0.05) is 28.0 Å². The van der Waals surface area contributed by atoms with Gasteiger partial charge >= 0.3 is 5.97 Å². The number of benzene rings is 3. The summed E-state index contributed by atoms with van der Waals surface area (Å²) in [4.78, 5) is 12.3. The number of hydrogen-bond donors (Lipinski definition) is 0. The number of aryl methyl sites for hydroxylation is 1. The Morgan fingerprint density at radius 3 is 2.55 bits per heavy atom. The van der Waals surface area contributed by atoms with E-state index in [-0.39, 0.29) is 0 Å². The van der Waals surface area contributed by atoms with Crippen molar-refractivity contribution in [3.05, 3.63) is 101 Å². The molecule has 0 N–H and O–H groups in total. The van der Waals surface area contributed by atoms with E-state index in [0.717, 1.165) is 64.6 Å². The number of carbonyl (C=O) groups excluding carboxylic acids is 1. The van der Waals surface area contributed by atoms with Crippen molar-refractivity contribution >= 4 is 16.7 Å². The van der Waals surface area contributed by atoms with Crippen LogP contribution in [-0.4, -0.2) is 5.97 Å². The number of hydrogen-bond acceptors (Lipinski definition) is 3. The highest BCUT2D eigenvalue weighted by Gasteiger charge is 2.26. The highest BCUT2D eigenvalue weighted by molar-refractivity contribution is 5.99. The lowest BCUT2D eigenvalue weighted by atomic mass is 9.85. The maximum Gasteiger partial charge on any atom is 0.335 e. The van der Waals surface area contributed by atoms with Crippen LogP contribution in [-0.2, 0) is 17.6 Å². The summed E-state index contributed by atoms with van der Waals surface area (Å²) >= 11 is 0. The molecule has 0 atom stereocenters. The second-order valence-corrected chi connectivity index (χ2v) is 8.77. The summed E-state index contributed by atoms with van der Waals surface area (Å²) in [7, 11) is 0. The molecule has 0 heterocycles. The molecule has 1 aliphatic carbocycles. The van der Waals surface area contributed by atoms with E-state index in [9.17, 15) is 4.79 Å². The average Bonchev–Trinajstić information content (AvgIpc) is 2.81. The van der Waals surface area contributed by atoms with Crippen molar-refractivity contribution in [1.82, 2.24) is 0 Å². The standard InChI is InChI=1S/C30H30O3/c1-5-28(31)33-30-24-16-14-21(4)18-26(24)29(32-23-12-7-6-8-13-23)25-17-15-22(19-27(25)30)11-9-10-20(2)3/h5-8,10,12-16,18H,1,9,11,17,19H2,2-4H3. The van der Waals surface area contributed by atoms with Gasteiger partial charge in [0.25, 0.3) is 0 Å². The van der Waals surface area contributed by atoms with Crippen molar-refractivity contribution in [2.24, 2.45) is 0 Å². The first kappa shape index (κ1) is 22.6. The summed E-state index contributed by atoms with van der Waals surface area (Å²) in [5.74, 6) is 1.80. The number of rotatable bonds is 7. The molecule has 168 valence electrons. The van der Waals surface area contributed by atoms with Gasteiger partial charge in [-0.05, 0) is 64.7 Å². The van der Waals surface area contributed by atoms with Gasteiger partial charge in [-0.1, -0.05) is 65.8 Å². The third kappa shape index (κ3) is 5.09. The van der Waals surface area contributed by atoms with Crippen LogP contribution in [0, 0.1) is 6.92 Å². The lowest BCUT2D eigenvalue weighted by Gasteiger charge is -2.25. The lowest BCUT2D eigenvalue weighted by molar-refractivity contribution is -0.128. The summed E-state index contributed by atoms with van der Waals surface area (Å²) in [6, 6.07) is 16.0. The zero-order valence-corrected chi connectivity index (χ0v) is 19.6. The monoisotopic (exact) mass is 438 g/mol. The minimum Gasteiger partial charge on any atom is -0.456 e. The van der Waals surface area contributed by atoms with Gasteiger partial charge in [-0.25, -0.2) is 4.79 Å². The van der Waals surface area contributed by atoms with Gasteiger partial charge in [0.2, 0.25) is 0 Å². The highest BCUT2D eigenvalue weighted by atomic mass is 16.5. The molecule has 0 radical (unpaired) electrons. The summed E-state index contributed by atoms with van der Waals surface area (Å²) in [5.41, 5.74) is 5.91. The van der Waals surface area contributed by atoms with Crippen LogP contribution in [0.2, 0.25) is 0 Å². The van der Waals surface area contributed by atoms with Gasteiger partial charge in [-0.15, -0.1) is 0 Å². The third-order valence-corrected chi connectivity index (χ3v) is 5.93. The molecule has 33 heavy (non-hydrogen) atoms. The number of fused-ring (bicyclic) bond motifs is 2. The Balaban J connectivity index is 1.87. The molecule has 3 aromatic rings. The topological polar surface area (TPSA) is 35.5 Å². The summed E-state index contributed by atoms with van der Waals surface area (Å²) in [6.45, 7) is 9.90. The van der Waals surface area contributed by atoms with Crippen molar-refractivity contribution in [3.63, 3.8) is 0 Å². The van der Waals surface area contributed by atoms with E-state index in [4.69, 9.17) is 9.47 Å². The molecule has 1 aliphatic rings. The zero-order chi connectivity index (χ0) is 23.4. The number of esters is 1. The van der Waals surface area contributed by atoms with Crippen LogP contribution in [0.5, 0.6) is 17.2 Å². The predicted molar refractivity (Wildman–Crippen MR) is 135 cm³/mol. The van der Waals surface area contributed by atoms with Gasteiger partial charge in [-0.3, -0.25) is 0 Å². The Labute approximate surface area is 196 Å². The minimum atomic E-state index is -0.448. The van der Waals surface area contributed by atoms with Crippen molar-refractivity contribution in [2.45, 2.75) is 46.5 Å². The second-order valence-electron chi connectivity index (χ2n) is 8.77. The maximum atomic E-state index is 12.3. The average molecular weight is 439 g/mol. The summed E-state index contributed by atoms with van der Waals surface area (Å²) in [6.07, 6.45) is 9.26. The Bertz CT molecular complexity index is 1260. The molecule has 0 unspecified atom stereocenters. The molecule has 3 aromatic carbocycles. The van der Waals surface area contributed by atoms with Crippen LogP contribution in [0.15, 0.2) is 84.5 Å². The quantitative estimate of drug-likeness (QED) is 0.163. The second kappa shape index (κ2) is 9.91. The Hall–Kier alpha value is -3.59. The van der Waals surface area contributed by atoms with Crippen molar-refractivity contribution < 1.29 is 14.3 Å². The summed E-state index contributed by atoms with van der Waals surface area (Å²) < 4.78 is 12.3. The first-order chi connectivity index (χ1) is 16.0. The molecule has 0 aliphatic heterocycles. The van der Waals surface area contributed by atoms with E-state index in [1.54, 1.807) is 0 Å². The van der Waals surface area contributed by atoms with Crippen LogP contribution in [0.25, 0.3) is 10.8 Å². The molecular weight excluding hydrogens is 408 g/mol. The Morgan fingerprint density at radius 1 is 1.03 bits per heavy atom. The van der Waals surface area contributed by atoms with Crippen molar-refractivity contribution in [3.8, 4) is 17.2 Å². The van der Waals surface area contributed by atoms with E-state index < -0.39 is 5.97 Å². The fourth-order valence-electron chi connectivity index (χ4n) is 4.31. The third-order valence-electron chi connectivity index (χ3n) is 5.93. The summed E-state index contributed by atoms with van der Waals surface area (Å²) in [5, 5.41) is 1.83. The molecular formula is C30H30O3. The van der Waals surface area contributed by atoms with E-state index >= 15 is 0 Å². The predicted octanol–water partition coefficient (Wildman–Crippen LogP) is 7.80. The van der Waals surface area contributed by atoms with Crippen LogP contribution >= 0.6 is 0 Å². The molecule has 0 bridgehead atoms. The first-order valence-electron chi connectivity index (χ1n) is 11.4. The van der Waals surface area contributed by atoms with Gasteiger partial charge in [-0.2, -0.15) is 0 Å². The molecule has 0 spiro atoms. The first-order valence-corrected chi connectivity index (χ1v) is 11.4. The lowest BCUT2D eigenvalue weighted by Crippen LogP contribution is -2.12. The van der Waals surface area contributed by atoms with Crippen molar-refractivity contribution in [1.29, 1.82) is 0 Å². The van der Waals surface area contributed by atoms with Gasteiger partial charge in [0.05, 0.1) is 0 Å². The van der Waals surface area contributed by atoms with Gasteiger partial charge in [0.15, 0.2) is 0 Å². The number of ether oxygens (including phenoxy) is 2. The molecule has 4 rings (SSSR count). The minimum absolute atomic E-state index is 0.448. The van der Waals surface area contributed by atoms with Crippen molar-refractivity contribution in [2.75, 3.05) is 0 Å². The van der Waals surface area contributed by atoms with E-state index in [1.807, 2.05) is 42.5 Å². The normalized spacial score (nSPS) is 12.5. The van der Waals surface area contributed by atoms with Gasteiger partial charge in [0.1, 0.15) is 17.2 Å². The fourth-order valence-corrected chi connectivity index (χ4v) is 4.31. The Morgan fingerprint density at radius 2 is 1.82 bits per heavy atom. The number of para-hydroxylation sites is 1. The Kier molecular flexibility index (Phi) is 6.79. The highest BCUT2D eigenvalue weighted by Crippen LogP contribution is 2.46. The molecule has 0 amide bonds. The van der Waals surface area contributed by atoms with E-state index in [0.29, 0.717) is 5.75 Å². The van der Waals surface area contributed by atoms with E-state index in [2.05, 4.69) is 45.6 Å². The zero-order valence-electron chi connectivity index (χ0n) is 19.6. The SMILES string of the molecule is C=CC(=O)Oc1c2c(c(Oc3ccccc3)c3cc(C)ccc13)CC=C(CCC=C(C)C)C2. The van der Waals surface area contributed by atoms with Crippen LogP contribution in [0.4, 0.5) is 0 Å². The van der Waals surface area contributed by atoms with Crippen LogP contribution < -0.4 is 9.47 Å². The molecule has 0 saturated heterocycles. The molecule has 0 saturated carbocycles. The molecule has 0 fully saturated rings. The van der Waals surface area contributed by atoms with Gasteiger partial charge < -0.3 is 9.47 Å². The smallest absolute Gasteiger partial charge is 0.335 e. The van der Waals surface area contributed by atoms with Crippen LogP contribution in [0.1, 0.15) is 43.4 Å². The molecule has 0 aromatic heterocycles. The van der Waals surface area contributed by atoms with Crippen LogP contribution in [0.3, 0.4) is 0 Å². The maximum absolute atomic E-state index is 12.3. The number of allylic oxidation sites excluding steroid dienone is 4. The van der Waals surface area contributed by atoms with E-state index in [1.165, 1.54) is 17.2 Å².